The summed E-state index contributed by atoms with van der Waals surface area (Å²) in [5.41, 5.74) is 1.02. The molecule has 1 aliphatic rings. The summed E-state index contributed by atoms with van der Waals surface area (Å²) >= 11 is 0. The molecule has 0 atom stereocenters. The molecule has 1 N–H and O–H groups in total. The standard InChI is InChI=1S/C13H15FN4/c14-11-3-1-10(2-4-11)8-18-9-16-13(17-18)7-15-12-5-6-12/h1-4,9,12,15H,5-8H2. The molecule has 94 valence electrons. The molecule has 2 aromatic rings. The summed E-state index contributed by atoms with van der Waals surface area (Å²) in [5.74, 6) is 0.593. The average molecular weight is 246 g/mol. The molecule has 4 nitrogen and oxygen atoms in total. The van der Waals surface area contributed by atoms with Crippen molar-refractivity contribution < 1.29 is 4.39 Å². The number of benzene rings is 1. The lowest BCUT2D eigenvalue weighted by Gasteiger charge is -2.01. The molecule has 1 fully saturated rings. The Hall–Kier alpha value is -1.75. The normalized spacial score (nSPS) is 14.9. The molecule has 1 saturated carbocycles. The van der Waals surface area contributed by atoms with Crippen molar-refractivity contribution in [2.24, 2.45) is 0 Å². The van der Waals surface area contributed by atoms with E-state index in [1.54, 1.807) is 23.1 Å². The number of rotatable bonds is 5. The minimum absolute atomic E-state index is 0.216. The van der Waals surface area contributed by atoms with Crippen molar-refractivity contribution in [2.75, 3.05) is 0 Å². The Balaban J connectivity index is 1.60. The Morgan fingerprint density at radius 2 is 2.06 bits per heavy atom. The van der Waals surface area contributed by atoms with Gasteiger partial charge in [0.2, 0.25) is 0 Å². The van der Waals surface area contributed by atoms with E-state index in [1.807, 2.05) is 0 Å². The first-order valence-electron chi connectivity index (χ1n) is 6.16. The van der Waals surface area contributed by atoms with Gasteiger partial charge in [0, 0.05) is 6.04 Å². The summed E-state index contributed by atoms with van der Waals surface area (Å²) < 4.78 is 14.5. The van der Waals surface area contributed by atoms with Gasteiger partial charge < -0.3 is 5.32 Å². The molecule has 0 amide bonds. The van der Waals surface area contributed by atoms with Crippen molar-refractivity contribution in [2.45, 2.75) is 32.0 Å². The minimum Gasteiger partial charge on any atom is -0.307 e. The first-order valence-corrected chi connectivity index (χ1v) is 6.16. The van der Waals surface area contributed by atoms with Gasteiger partial charge in [0.05, 0.1) is 13.1 Å². The fourth-order valence-corrected chi connectivity index (χ4v) is 1.79. The molecular weight excluding hydrogens is 231 g/mol. The van der Waals surface area contributed by atoms with Gasteiger partial charge in [-0.15, -0.1) is 0 Å². The molecule has 1 aromatic carbocycles. The van der Waals surface area contributed by atoms with Crippen LogP contribution >= 0.6 is 0 Å². The smallest absolute Gasteiger partial charge is 0.164 e. The number of nitrogens with one attached hydrogen (secondary N) is 1. The second kappa shape index (κ2) is 4.86. The number of hydrogen-bond acceptors (Lipinski definition) is 3. The number of halogens is 1. The summed E-state index contributed by atoms with van der Waals surface area (Å²) in [6, 6.07) is 7.11. The molecule has 0 aliphatic heterocycles. The topological polar surface area (TPSA) is 42.7 Å². The van der Waals surface area contributed by atoms with E-state index >= 15 is 0 Å². The lowest BCUT2D eigenvalue weighted by molar-refractivity contribution is 0.618. The van der Waals surface area contributed by atoms with E-state index in [9.17, 15) is 4.39 Å². The van der Waals surface area contributed by atoms with Crippen molar-refractivity contribution in [1.29, 1.82) is 0 Å². The molecule has 0 unspecified atom stereocenters. The Morgan fingerprint density at radius 3 is 2.78 bits per heavy atom. The molecule has 0 radical (unpaired) electrons. The molecule has 3 rings (SSSR count). The Morgan fingerprint density at radius 1 is 1.28 bits per heavy atom. The Bertz CT molecular complexity index is 516. The molecule has 0 saturated heterocycles. The van der Waals surface area contributed by atoms with Crippen LogP contribution in [0.3, 0.4) is 0 Å². The fraction of sp³-hybridized carbons (Fsp3) is 0.385. The van der Waals surface area contributed by atoms with E-state index in [1.165, 1.54) is 25.0 Å². The van der Waals surface area contributed by atoms with Crippen LogP contribution in [-0.2, 0) is 13.1 Å². The van der Waals surface area contributed by atoms with Gasteiger partial charge in [0.15, 0.2) is 5.82 Å². The van der Waals surface area contributed by atoms with Crippen molar-refractivity contribution in [3.63, 3.8) is 0 Å². The molecule has 5 heteroatoms. The van der Waals surface area contributed by atoms with Gasteiger partial charge in [-0.3, -0.25) is 0 Å². The number of aromatic nitrogens is 3. The molecular formula is C13H15FN4. The fourth-order valence-electron chi connectivity index (χ4n) is 1.79. The van der Waals surface area contributed by atoms with Gasteiger partial charge in [0.25, 0.3) is 0 Å². The Labute approximate surface area is 105 Å². The molecule has 18 heavy (non-hydrogen) atoms. The van der Waals surface area contributed by atoms with Gasteiger partial charge in [-0.2, -0.15) is 5.10 Å². The minimum atomic E-state index is -0.216. The second-order valence-electron chi connectivity index (χ2n) is 4.64. The van der Waals surface area contributed by atoms with E-state index in [4.69, 9.17) is 0 Å². The van der Waals surface area contributed by atoms with Crippen LogP contribution in [0.1, 0.15) is 24.2 Å². The average Bonchev–Trinajstić information content (AvgIpc) is 3.10. The van der Waals surface area contributed by atoms with Crippen molar-refractivity contribution in [1.82, 2.24) is 20.1 Å². The lowest BCUT2D eigenvalue weighted by atomic mass is 10.2. The van der Waals surface area contributed by atoms with Crippen molar-refractivity contribution >= 4 is 0 Å². The quantitative estimate of drug-likeness (QED) is 0.873. The number of hydrogen-bond donors (Lipinski definition) is 1. The summed E-state index contributed by atoms with van der Waals surface area (Å²) in [6.45, 7) is 1.35. The first kappa shape index (κ1) is 11.3. The zero-order valence-corrected chi connectivity index (χ0v) is 10.0. The van der Waals surface area contributed by atoms with Gasteiger partial charge in [-0.25, -0.2) is 14.1 Å². The summed E-state index contributed by atoms with van der Waals surface area (Å²) in [7, 11) is 0. The van der Waals surface area contributed by atoms with Gasteiger partial charge in [-0.05, 0) is 30.5 Å². The van der Waals surface area contributed by atoms with Gasteiger partial charge in [-0.1, -0.05) is 12.1 Å². The summed E-state index contributed by atoms with van der Waals surface area (Å²) in [4.78, 5) is 4.24. The zero-order valence-electron chi connectivity index (χ0n) is 10.0. The largest absolute Gasteiger partial charge is 0.307 e. The van der Waals surface area contributed by atoms with Crippen LogP contribution in [0.15, 0.2) is 30.6 Å². The third kappa shape index (κ3) is 2.92. The molecule has 1 aliphatic carbocycles. The van der Waals surface area contributed by atoms with Gasteiger partial charge in [0.1, 0.15) is 12.1 Å². The highest BCUT2D eigenvalue weighted by Gasteiger charge is 2.20. The molecule has 1 heterocycles. The van der Waals surface area contributed by atoms with Crippen LogP contribution in [0.4, 0.5) is 4.39 Å². The van der Waals surface area contributed by atoms with E-state index in [0.717, 1.165) is 17.9 Å². The summed E-state index contributed by atoms with van der Waals surface area (Å²) in [6.07, 6.45) is 4.24. The van der Waals surface area contributed by atoms with Crippen LogP contribution in [0.2, 0.25) is 0 Å². The highest BCUT2D eigenvalue weighted by molar-refractivity contribution is 5.16. The second-order valence-corrected chi connectivity index (χ2v) is 4.64. The predicted octanol–water partition coefficient (Wildman–Crippen LogP) is 1.72. The highest BCUT2D eigenvalue weighted by atomic mass is 19.1. The zero-order chi connectivity index (χ0) is 12.4. The van der Waals surface area contributed by atoms with E-state index in [-0.39, 0.29) is 5.82 Å². The third-order valence-corrected chi connectivity index (χ3v) is 2.97. The van der Waals surface area contributed by atoms with E-state index < -0.39 is 0 Å². The van der Waals surface area contributed by atoms with Crippen LogP contribution in [-0.4, -0.2) is 20.8 Å². The maximum Gasteiger partial charge on any atom is 0.164 e. The predicted molar refractivity (Wildman–Crippen MR) is 65.4 cm³/mol. The van der Waals surface area contributed by atoms with E-state index in [2.05, 4.69) is 15.4 Å². The van der Waals surface area contributed by atoms with E-state index in [0.29, 0.717) is 12.6 Å². The van der Waals surface area contributed by atoms with Crippen LogP contribution in [0.5, 0.6) is 0 Å². The number of nitrogens with zero attached hydrogens (tertiary/aromatic N) is 3. The maximum absolute atomic E-state index is 12.8. The first-order chi connectivity index (χ1) is 8.79. The van der Waals surface area contributed by atoms with Crippen molar-refractivity contribution in [3.05, 3.63) is 47.8 Å². The van der Waals surface area contributed by atoms with Crippen LogP contribution in [0, 0.1) is 5.82 Å². The third-order valence-electron chi connectivity index (χ3n) is 2.97. The van der Waals surface area contributed by atoms with Crippen LogP contribution in [0.25, 0.3) is 0 Å². The van der Waals surface area contributed by atoms with Gasteiger partial charge >= 0.3 is 0 Å². The summed E-state index contributed by atoms with van der Waals surface area (Å²) in [5, 5.41) is 7.75. The monoisotopic (exact) mass is 246 g/mol. The highest BCUT2D eigenvalue weighted by Crippen LogP contribution is 2.18. The SMILES string of the molecule is Fc1ccc(Cn2cnc(CNC3CC3)n2)cc1. The van der Waals surface area contributed by atoms with Crippen LogP contribution < -0.4 is 5.32 Å². The Kier molecular flexibility index (Phi) is 3.06. The maximum atomic E-state index is 12.8. The molecule has 1 aromatic heterocycles. The van der Waals surface area contributed by atoms with Crippen molar-refractivity contribution in [3.8, 4) is 0 Å². The molecule has 0 spiro atoms. The molecule has 0 bridgehead atoms. The lowest BCUT2D eigenvalue weighted by Crippen LogP contribution is -2.16.